The first-order valence-electron chi connectivity index (χ1n) is 5.58. The molecule has 1 aliphatic rings. The topological polar surface area (TPSA) is 66.8 Å². The molecule has 1 unspecified atom stereocenters. The molecule has 2 atom stereocenters. The Hall–Kier alpha value is -1.10. The Morgan fingerprint density at radius 3 is 2.81 bits per heavy atom. The molecule has 1 N–H and O–H groups in total. The van der Waals surface area contributed by atoms with Gasteiger partial charge in [-0.3, -0.25) is 9.59 Å². The van der Waals surface area contributed by atoms with E-state index < -0.39 is 11.9 Å². The fourth-order valence-electron chi connectivity index (χ4n) is 1.86. The van der Waals surface area contributed by atoms with Crippen molar-refractivity contribution >= 4 is 11.9 Å². The Morgan fingerprint density at radius 1 is 1.56 bits per heavy atom. The lowest BCUT2D eigenvalue weighted by atomic mass is 9.98. The number of rotatable bonds is 4. The van der Waals surface area contributed by atoms with Crippen molar-refractivity contribution in [3.8, 4) is 0 Å². The molecule has 1 fully saturated rings. The smallest absolute Gasteiger partial charge is 0.308 e. The number of likely N-dealkylation sites (tertiary alicyclic amines) is 1. The van der Waals surface area contributed by atoms with Gasteiger partial charge in [-0.2, -0.15) is 0 Å². The molecule has 0 aromatic rings. The van der Waals surface area contributed by atoms with Crippen molar-refractivity contribution in [1.29, 1.82) is 0 Å². The number of carbonyl (C=O) groups excluding carboxylic acids is 1. The summed E-state index contributed by atoms with van der Waals surface area (Å²) in [5.41, 5.74) is 0. The van der Waals surface area contributed by atoms with Gasteiger partial charge in [-0.05, 0) is 19.8 Å². The van der Waals surface area contributed by atoms with Crippen LogP contribution in [0.25, 0.3) is 0 Å². The second-order valence-electron chi connectivity index (χ2n) is 4.27. The molecule has 1 heterocycles. The standard InChI is InChI=1S/C11H19NO4/c1-8(16-2)6-10(13)12-5-3-4-9(7-12)11(14)15/h8-9H,3-7H2,1-2H3,(H,14,15)/t8?,9-/m0/s1. The first kappa shape index (κ1) is 13.0. The predicted molar refractivity (Wildman–Crippen MR) is 58.0 cm³/mol. The van der Waals surface area contributed by atoms with Crippen molar-refractivity contribution in [3.05, 3.63) is 0 Å². The fraction of sp³-hybridized carbons (Fsp3) is 0.818. The third kappa shape index (κ3) is 3.48. The van der Waals surface area contributed by atoms with E-state index in [1.54, 1.807) is 12.0 Å². The van der Waals surface area contributed by atoms with Crippen LogP contribution in [0.4, 0.5) is 0 Å². The molecule has 0 aromatic heterocycles. The molecule has 5 heteroatoms. The fourth-order valence-corrected chi connectivity index (χ4v) is 1.86. The minimum absolute atomic E-state index is 0.0136. The first-order valence-corrected chi connectivity index (χ1v) is 5.58. The van der Waals surface area contributed by atoms with Crippen molar-refractivity contribution in [3.63, 3.8) is 0 Å². The number of carboxylic acids is 1. The van der Waals surface area contributed by atoms with E-state index in [2.05, 4.69) is 0 Å². The number of aliphatic carboxylic acids is 1. The molecule has 1 saturated heterocycles. The van der Waals surface area contributed by atoms with E-state index in [0.29, 0.717) is 25.9 Å². The van der Waals surface area contributed by atoms with Gasteiger partial charge >= 0.3 is 5.97 Å². The molecule has 92 valence electrons. The summed E-state index contributed by atoms with van der Waals surface area (Å²) in [7, 11) is 1.56. The highest BCUT2D eigenvalue weighted by Gasteiger charge is 2.28. The Morgan fingerprint density at radius 2 is 2.25 bits per heavy atom. The van der Waals surface area contributed by atoms with Gasteiger partial charge in [0.1, 0.15) is 0 Å². The Labute approximate surface area is 95.4 Å². The molecule has 1 aliphatic heterocycles. The van der Waals surface area contributed by atoms with E-state index in [4.69, 9.17) is 9.84 Å². The second-order valence-corrected chi connectivity index (χ2v) is 4.27. The molecule has 0 bridgehead atoms. The predicted octanol–water partition coefficient (Wildman–Crippen LogP) is 0.735. The summed E-state index contributed by atoms with van der Waals surface area (Å²) in [5, 5.41) is 8.90. The molecule has 0 spiro atoms. The van der Waals surface area contributed by atoms with E-state index in [1.165, 1.54) is 0 Å². The number of hydrogen-bond donors (Lipinski definition) is 1. The van der Waals surface area contributed by atoms with E-state index in [1.807, 2.05) is 6.92 Å². The van der Waals surface area contributed by atoms with Crippen LogP contribution in [0.2, 0.25) is 0 Å². The molecule has 0 aromatic carbocycles. The molecule has 0 aliphatic carbocycles. The van der Waals surface area contributed by atoms with E-state index in [-0.39, 0.29) is 12.0 Å². The van der Waals surface area contributed by atoms with Gasteiger partial charge in [0.15, 0.2) is 0 Å². The van der Waals surface area contributed by atoms with Gasteiger partial charge in [0, 0.05) is 20.2 Å². The number of ether oxygens (including phenoxy) is 1. The second kappa shape index (κ2) is 5.84. The van der Waals surface area contributed by atoms with Crippen LogP contribution in [0.5, 0.6) is 0 Å². The lowest BCUT2D eigenvalue weighted by molar-refractivity contribution is -0.146. The van der Waals surface area contributed by atoms with Crippen LogP contribution in [0, 0.1) is 5.92 Å². The quantitative estimate of drug-likeness (QED) is 0.772. The van der Waals surface area contributed by atoms with Crippen LogP contribution in [-0.2, 0) is 14.3 Å². The number of carbonyl (C=O) groups is 2. The van der Waals surface area contributed by atoms with Crippen LogP contribution in [0.1, 0.15) is 26.2 Å². The van der Waals surface area contributed by atoms with Crippen molar-refractivity contribution in [2.45, 2.75) is 32.3 Å². The SMILES string of the molecule is COC(C)CC(=O)N1CCC[C@H](C(=O)O)C1. The summed E-state index contributed by atoms with van der Waals surface area (Å²) < 4.78 is 5.02. The average molecular weight is 229 g/mol. The molecule has 0 radical (unpaired) electrons. The van der Waals surface area contributed by atoms with Crippen molar-refractivity contribution in [2.75, 3.05) is 20.2 Å². The third-order valence-electron chi connectivity index (χ3n) is 2.99. The third-order valence-corrected chi connectivity index (χ3v) is 2.99. The molecule has 16 heavy (non-hydrogen) atoms. The summed E-state index contributed by atoms with van der Waals surface area (Å²) in [4.78, 5) is 24.3. The Kier molecular flexibility index (Phi) is 4.73. The molecule has 5 nitrogen and oxygen atoms in total. The van der Waals surface area contributed by atoms with Crippen LogP contribution >= 0.6 is 0 Å². The summed E-state index contributed by atoms with van der Waals surface area (Å²) in [6, 6.07) is 0. The van der Waals surface area contributed by atoms with E-state index in [0.717, 1.165) is 6.42 Å². The van der Waals surface area contributed by atoms with Crippen molar-refractivity contribution in [1.82, 2.24) is 4.90 Å². The maximum Gasteiger partial charge on any atom is 0.308 e. The number of carboxylic acid groups (broad SMARTS) is 1. The van der Waals surface area contributed by atoms with E-state index in [9.17, 15) is 9.59 Å². The molecule has 1 rings (SSSR count). The highest BCUT2D eigenvalue weighted by Crippen LogP contribution is 2.17. The minimum Gasteiger partial charge on any atom is -0.481 e. The number of hydrogen-bond acceptors (Lipinski definition) is 3. The molecular formula is C11H19NO4. The van der Waals surface area contributed by atoms with Gasteiger partial charge in [-0.1, -0.05) is 0 Å². The first-order chi connectivity index (χ1) is 7.54. The van der Waals surface area contributed by atoms with Crippen molar-refractivity contribution < 1.29 is 19.4 Å². The van der Waals surface area contributed by atoms with Gasteiger partial charge < -0.3 is 14.7 Å². The molecule has 0 saturated carbocycles. The maximum absolute atomic E-state index is 11.8. The number of methoxy groups -OCH3 is 1. The zero-order valence-corrected chi connectivity index (χ0v) is 9.81. The lowest BCUT2D eigenvalue weighted by Crippen LogP contribution is -2.43. The monoisotopic (exact) mass is 229 g/mol. The minimum atomic E-state index is -0.808. The number of amides is 1. The Bertz CT molecular complexity index is 267. The zero-order valence-electron chi connectivity index (χ0n) is 9.81. The average Bonchev–Trinajstić information content (AvgIpc) is 2.28. The summed E-state index contributed by atoms with van der Waals surface area (Å²) in [5.74, 6) is -1.23. The summed E-state index contributed by atoms with van der Waals surface area (Å²) in [6.45, 7) is 2.83. The van der Waals surface area contributed by atoms with Crippen LogP contribution in [0.15, 0.2) is 0 Å². The lowest BCUT2D eigenvalue weighted by Gasteiger charge is -2.31. The Balaban J connectivity index is 2.47. The molecule has 1 amide bonds. The van der Waals surface area contributed by atoms with Gasteiger partial charge in [-0.15, -0.1) is 0 Å². The zero-order chi connectivity index (χ0) is 12.1. The molecular weight excluding hydrogens is 210 g/mol. The van der Waals surface area contributed by atoms with Gasteiger partial charge in [-0.25, -0.2) is 0 Å². The largest absolute Gasteiger partial charge is 0.481 e. The van der Waals surface area contributed by atoms with Crippen molar-refractivity contribution in [2.24, 2.45) is 5.92 Å². The van der Waals surface area contributed by atoms with Gasteiger partial charge in [0.25, 0.3) is 0 Å². The van der Waals surface area contributed by atoms with Crippen LogP contribution in [-0.4, -0.2) is 48.2 Å². The normalized spacial score (nSPS) is 22.9. The highest BCUT2D eigenvalue weighted by atomic mass is 16.5. The maximum atomic E-state index is 11.8. The number of nitrogens with zero attached hydrogens (tertiary/aromatic N) is 1. The summed E-state index contributed by atoms with van der Waals surface area (Å²) >= 11 is 0. The van der Waals surface area contributed by atoms with Crippen LogP contribution < -0.4 is 0 Å². The highest BCUT2D eigenvalue weighted by molar-refractivity contribution is 5.78. The van der Waals surface area contributed by atoms with E-state index >= 15 is 0 Å². The van der Waals surface area contributed by atoms with Gasteiger partial charge in [0.05, 0.1) is 18.4 Å². The summed E-state index contributed by atoms with van der Waals surface area (Å²) in [6.07, 6.45) is 1.64. The van der Waals surface area contributed by atoms with Gasteiger partial charge in [0.2, 0.25) is 5.91 Å². The van der Waals surface area contributed by atoms with Crippen LogP contribution in [0.3, 0.4) is 0 Å². The number of piperidine rings is 1.